The van der Waals surface area contributed by atoms with Gasteiger partial charge in [-0.1, -0.05) is 0 Å². The minimum Gasteiger partial charge on any atom is -0.382 e. The second kappa shape index (κ2) is 9.11. The van der Waals surface area contributed by atoms with Crippen LogP contribution in [0.4, 0.5) is 5.82 Å². The molecule has 2 heterocycles. The number of anilines is 1. The number of fused-ring (bicyclic) bond motifs is 1. The largest absolute Gasteiger partial charge is 0.488 e. The predicted molar refractivity (Wildman–Crippen MR) is 95.4 cm³/mol. The molecule has 2 aromatic heterocycles. The number of carbonyl (C=O) groups excluding carboxylic acids is 1. The van der Waals surface area contributed by atoms with Crippen molar-refractivity contribution in [3.63, 3.8) is 0 Å². The van der Waals surface area contributed by atoms with Crippen LogP contribution >= 0.6 is 23.2 Å². The van der Waals surface area contributed by atoms with E-state index >= 15 is 0 Å². The van der Waals surface area contributed by atoms with Gasteiger partial charge in [-0.15, -0.1) is 0 Å². The average Bonchev–Trinajstić information content (AvgIpc) is 2.94. The van der Waals surface area contributed by atoms with Gasteiger partial charge >= 0.3 is 23.2 Å². The summed E-state index contributed by atoms with van der Waals surface area (Å²) in [7, 11) is -16.0. The minimum absolute atomic E-state index is 0.0269. The van der Waals surface area contributed by atoms with Gasteiger partial charge in [0.15, 0.2) is 5.82 Å². The molecule has 0 saturated heterocycles. The number of ether oxygens (including phenoxy) is 1. The van der Waals surface area contributed by atoms with Gasteiger partial charge in [-0.3, -0.25) is 4.57 Å². The van der Waals surface area contributed by atoms with Crippen molar-refractivity contribution in [2.75, 3.05) is 12.1 Å². The minimum atomic E-state index is -5.57. The third-order valence-electron chi connectivity index (χ3n) is 3.27. The van der Waals surface area contributed by atoms with Gasteiger partial charge in [-0.25, -0.2) is 22.9 Å². The lowest BCUT2D eigenvalue weighted by molar-refractivity contribution is -0.110. The first-order valence-electron chi connectivity index (χ1n) is 7.57. The van der Waals surface area contributed by atoms with E-state index in [4.69, 9.17) is 25.2 Å². The molecule has 3 unspecified atom stereocenters. The van der Waals surface area contributed by atoms with Crippen molar-refractivity contribution in [1.29, 1.82) is 0 Å². The maximum absolute atomic E-state index is 11.9. The fraction of sp³-hybridized carbons (Fsp3) is 0.364. The van der Waals surface area contributed by atoms with Crippen LogP contribution in [0, 0.1) is 0 Å². The van der Waals surface area contributed by atoms with Crippen LogP contribution in [0.15, 0.2) is 18.5 Å². The number of phosphoric acid groups is 2. The molecule has 2 rings (SSSR count). The Morgan fingerprint density at radius 3 is 2.48 bits per heavy atom. The molecule has 0 amide bonds. The molecule has 3 atom stereocenters. The van der Waals surface area contributed by atoms with Gasteiger partial charge in [0.05, 0.1) is 6.10 Å². The molecular formula is C11H17N4O11P3. The van der Waals surface area contributed by atoms with E-state index in [9.17, 15) is 23.4 Å². The Kier molecular flexibility index (Phi) is 7.47. The number of nitrogens with two attached hydrogens (primary N) is 1. The van der Waals surface area contributed by atoms with Crippen LogP contribution in [0.3, 0.4) is 0 Å². The number of carbonyl (C=O) groups is 1. The van der Waals surface area contributed by atoms with Gasteiger partial charge in [-0.2, -0.15) is 9.41 Å². The first-order valence-corrected chi connectivity index (χ1v) is 12.4. The molecule has 18 heteroatoms. The summed E-state index contributed by atoms with van der Waals surface area (Å²) < 4.78 is 47.8. The Labute approximate surface area is 162 Å². The highest BCUT2D eigenvalue weighted by molar-refractivity contribution is 7.68. The maximum atomic E-state index is 11.9. The van der Waals surface area contributed by atoms with E-state index < -0.39 is 35.7 Å². The van der Waals surface area contributed by atoms with Gasteiger partial charge in [-0.05, 0) is 12.1 Å². The molecule has 162 valence electrons. The van der Waals surface area contributed by atoms with Crippen LogP contribution in [-0.4, -0.2) is 52.9 Å². The van der Waals surface area contributed by atoms with Crippen molar-refractivity contribution >= 4 is 40.9 Å². The summed E-state index contributed by atoms with van der Waals surface area (Å²) >= 11 is 0. The number of hydrogen-bond donors (Lipinski definition) is 5. The lowest BCUT2D eigenvalue weighted by Crippen LogP contribution is -2.19. The molecule has 0 fully saturated rings. The van der Waals surface area contributed by atoms with E-state index in [-0.39, 0.29) is 18.7 Å². The SMILES string of the molecule is Nc1ncnn2c(CC(CC=O)OCP(=O)(O)OP(=O)(O)OP(=O)(O)O)ccc12. The molecular weight excluding hydrogens is 457 g/mol. The number of aromatic nitrogens is 3. The van der Waals surface area contributed by atoms with Crippen molar-refractivity contribution in [2.45, 2.75) is 18.9 Å². The van der Waals surface area contributed by atoms with Gasteiger partial charge in [0.2, 0.25) is 0 Å². The lowest BCUT2D eigenvalue weighted by Gasteiger charge is -2.20. The molecule has 6 N–H and O–H groups in total. The molecule has 0 radical (unpaired) electrons. The molecule has 0 bridgehead atoms. The fourth-order valence-corrected chi connectivity index (χ4v) is 5.59. The topological polar surface area (TPSA) is 233 Å². The standard InChI is InChI=1S/C11H17N4O11P3/c12-11-10-2-1-8(15(10)14-6-13-11)5-9(3-4-16)24-7-27(17,18)25-29(22,23)26-28(19,20)21/h1-2,4,6,9H,3,5,7H2,(H,17,18)(H,22,23)(H2,12,13,14)(H2,19,20,21). The van der Waals surface area contributed by atoms with Crippen LogP contribution in [0.2, 0.25) is 0 Å². The van der Waals surface area contributed by atoms with Crippen LogP contribution in [0.5, 0.6) is 0 Å². The maximum Gasteiger partial charge on any atom is 0.488 e. The second-order valence-corrected chi connectivity index (χ2v) is 10.3. The van der Waals surface area contributed by atoms with Gasteiger partial charge in [0, 0.05) is 18.5 Å². The fourth-order valence-electron chi connectivity index (χ4n) is 2.25. The third-order valence-corrected chi connectivity index (χ3v) is 7.27. The molecule has 0 aliphatic heterocycles. The zero-order chi connectivity index (χ0) is 21.9. The Bertz CT molecular complexity index is 1020. The van der Waals surface area contributed by atoms with Crippen molar-refractivity contribution < 1.29 is 51.4 Å². The molecule has 0 spiro atoms. The van der Waals surface area contributed by atoms with Gasteiger partial charge < -0.3 is 34.8 Å². The number of hydrogen-bond acceptors (Lipinski definition) is 10. The predicted octanol–water partition coefficient (Wildman–Crippen LogP) is 0.197. The monoisotopic (exact) mass is 474 g/mol. The van der Waals surface area contributed by atoms with Crippen molar-refractivity contribution in [1.82, 2.24) is 14.6 Å². The normalized spacial score (nSPS) is 17.5. The summed E-state index contributed by atoms with van der Waals surface area (Å²) in [6, 6.07) is 3.23. The van der Waals surface area contributed by atoms with E-state index in [1.54, 1.807) is 12.1 Å². The molecule has 0 saturated carbocycles. The van der Waals surface area contributed by atoms with Crippen LogP contribution < -0.4 is 5.73 Å². The molecule has 0 aliphatic carbocycles. The molecule has 0 aliphatic rings. The first-order chi connectivity index (χ1) is 13.3. The van der Waals surface area contributed by atoms with E-state index in [0.717, 1.165) is 0 Å². The highest BCUT2D eigenvalue weighted by Gasteiger charge is 2.40. The summed E-state index contributed by atoms with van der Waals surface area (Å²) in [5, 5.41) is 4.00. The molecule has 15 nitrogen and oxygen atoms in total. The summed E-state index contributed by atoms with van der Waals surface area (Å²) in [5.41, 5.74) is 6.72. The summed E-state index contributed by atoms with van der Waals surface area (Å²) in [4.78, 5) is 50.5. The second-order valence-electron chi connectivity index (χ2n) is 5.55. The summed E-state index contributed by atoms with van der Waals surface area (Å²) in [6.07, 6.45) is -0.631. The molecule has 0 aromatic carbocycles. The number of nitrogen functional groups attached to an aromatic ring is 1. The Morgan fingerprint density at radius 2 is 1.86 bits per heavy atom. The highest BCUT2D eigenvalue weighted by Crippen LogP contribution is 2.65. The Morgan fingerprint density at radius 1 is 1.17 bits per heavy atom. The Hall–Kier alpha value is -1.50. The molecule has 29 heavy (non-hydrogen) atoms. The van der Waals surface area contributed by atoms with E-state index in [2.05, 4.69) is 18.7 Å². The van der Waals surface area contributed by atoms with Crippen LogP contribution in [-0.2, 0) is 38.3 Å². The number of aldehydes is 1. The number of nitrogens with zero attached hydrogens (tertiary/aromatic N) is 3. The summed E-state index contributed by atoms with van der Waals surface area (Å²) in [6.45, 7) is 0. The first kappa shape index (κ1) is 23.8. The zero-order valence-electron chi connectivity index (χ0n) is 14.4. The van der Waals surface area contributed by atoms with Gasteiger partial charge in [0.25, 0.3) is 0 Å². The lowest BCUT2D eigenvalue weighted by atomic mass is 10.1. The summed E-state index contributed by atoms with van der Waals surface area (Å²) in [5.74, 6) is 0.205. The molecule has 2 aromatic rings. The van der Waals surface area contributed by atoms with E-state index in [1.165, 1.54) is 10.8 Å². The van der Waals surface area contributed by atoms with E-state index in [1.807, 2.05) is 0 Å². The Balaban J connectivity index is 2.07. The zero-order valence-corrected chi connectivity index (χ0v) is 17.1. The van der Waals surface area contributed by atoms with Crippen LogP contribution in [0.1, 0.15) is 12.1 Å². The van der Waals surface area contributed by atoms with Crippen molar-refractivity contribution in [2.24, 2.45) is 0 Å². The van der Waals surface area contributed by atoms with E-state index in [0.29, 0.717) is 17.5 Å². The quantitative estimate of drug-likeness (QED) is 0.216. The van der Waals surface area contributed by atoms with Gasteiger partial charge in [0.1, 0.15) is 24.5 Å². The van der Waals surface area contributed by atoms with Crippen molar-refractivity contribution in [3.8, 4) is 0 Å². The third kappa shape index (κ3) is 7.36. The van der Waals surface area contributed by atoms with Crippen LogP contribution in [0.25, 0.3) is 5.52 Å². The number of rotatable bonds is 11. The van der Waals surface area contributed by atoms with Crippen molar-refractivity contribution in [3.05, 3.63) is 24.2 Å². The highest BCUT2D eigenvalue weighted by atomic mass is 31.3. The average molecular weight is 474 g/mol. The smallest absolute Gasteiger partial charge is 0.382 e.